The number of piperidine rings is 3. The fourth-order valence-electron chi connectivity index (χ4n) is 4.70. The van der Waals surface area contributed by atoms with Crippen molar-refractivity contribution in [3.63, 3.8) is 0 Å². The smallest absolute Gasteiger partial charge is 0.403 e. The van der Waals surface area contributed by atoms with E-state index in [2.05, 4.69) is 22.5 Å². The summed E-state index contributed by atoms with van der Waals surface area (Å²) in [5.74, 6) is 0.891. The quantitative estimate of drug-likeness (QED) is 0.820. The highest BCUT2D eigenvalue weighted by atomic mass is 19.4. The number of alkyl halides is 3. The summed E-state index contributed by atoms with van der Waals surface area (Å²) in [6, 6.07) is 5.61. The molecule has 4 aliphatic rings. The molecule has 154 valence electrons. The fraction of sp³-hybridized carbons (Fsp3) is 0.650. The first-order valence-electron chi connectivity index (χ1n) is 9.93. The van der Waals surface area contributed by atoms with E-state index in [1.54, 1.807) is 24.3 Å². The van der Waals surface area contributed by atoms with Crippen LogP contribution in [-0.4, -0.2) is 60.8 Å². The Morgan fingerprint density at radius 1 is 1.21 bits per heavy atom. The van der Waals surface area contributed by atoms with Crippen molar-refractivity contribution in [2.45, 2.75) is 56.6 Å². The van der Waals surface area contributed by atoms with Crippen molar-refractivity contribution in [2.75, 3.05) is 19.6 Å². The molecule has 1 aromatic carbocycles. The molecule has 0 radical (unpaired) electrons. The first kappa shape index (κ1) is 19.5. The Balaban J connectivity index is 1.33. The van der Waals surface area contributed by atoms with E-state index in [4.69, 9.17) is 4.74 Å². The lowest BCUT2D eigenvalue weighted by atomic mass is 9.79. The summed E-state index contributed by atoms with van der Waals surface area (Å²) in [6.45, 7) is 4.53. The van der Waals surface area contributed by atoms with Gasteiger partial charge >= 0.3 is 6.18 Å². The second-order valence-electron chi connectivity index (χ2n) is 8.12. The summed E-state index contributed by atoms with van der Waals surface area (Å²) in [4.78, 5) is 15.1. The van der Waals surface area contributed by atoms with Crippen LogP contribution >= 0.6 is 0 Å². The lowest BCUT2D eigenvalue weighted by molar-refractivity contribution is -0.152. The van der Waals surface area contributed by atoms with Crippen molar-refractivity contribution in [3.05, 3.63) is 29.8 Å². The molecule has 0 saturated carbocycles. The van der Waals surface area contributed by atoms with Crippen molar-refractivity contribution >= 4 is 5.91 Å². The van der Waals surface area contributed by atoms with E-state index in [0.717, 1.165) is 25.9 Å². The van der Waals surface area contributed by atoms with Gasteiger partial charge in [0.15, 0.2) is 0 Å². The van der Waals surface area contributed by atoms with Gasteiger partial charge < -0.3 is 15.4 Å². The molecule has 0 spiro atoms. The van der Waals surface area contributed by atoms with Crippen LogP contribution in [0.1, 0.15) is 36.5 Å². The van der Waals surface area contributed by atoms with Gasteiger partial charge in [-0.15, -0.1) is 0 Å². The van der Waals surface area contributed by atoms with Crippen LogP contribution in [-0.2, 0) is 0 Å². The summed E-state index contributed by atoms with van der Waals surface area (Å²) in [5, 5.41) is 5.62. The number of nitrogens with zero attached hydrogens (tertiary/aromatic N) is 1. The fourth-order valence-corrected chi connectivity index (χ4v) is 4.70. The lowest BCUT2D eigenvalue weighted by Gasteiger charge is -2.49. The minimum atomic E-state index is -4.26. The highest BCUT2D eigenvalue weighted by Gasteiger charge is 2.45. The van der Waals surface area contributed by atoms with Crippen LogP contribution in [0.25, 0.3) is 0 Å². The predicted molar refractivity (Wildman–Crippen MR) is 98.3 cm³/mol. The Labute approximate surface area is 162 Å². The van der Waals surface area contributed by atoms with Crippen LogP contribution < -0.4 is 15.4 Å². The molecule has 4 fully saturated rings. The van der Waals surface area contributed by atoms with Gasteiger partial charge in [0.25, 0.3) is 5.91 Å². The van der Waals surface area contributed by atoms with Crippen molar-refractivity contribution < 1.29 is 22.7 Å². The molecule has 1 amide bonds. The van der Waals surface area contributed by atoms with E-state index in [1.807, 2.05) is 0 Å². The molecule has 0 aromatic heterocycles. The van der Waals surface area contributed by atoms with Gasteiger partial charge in [0.2, 0.25) is 0 Å². The molecule has 5 rings (SSSR count). The van der Waals surface area contributed by atoms with Crippen LogP contribution in [0.4, 0.5) is 13.2 Å². The van der Waals surface area contributed by atoms with Crippen LogP contribution in [0, 0.1) is 5.92 Å². The first-order chi connectivity index (χ1) is 13.3. The monoisotopic (exact) mass is 397 g/mol. The highest BCUT2D eigenvalue weighted by molar-refractivity contribution is 5.94. The number of hydrogen-bond acceptors (Lipinski definition) is 4. The van der Waals surface area contributed by atoms with Crippen LogP contribution in [0.3, 0.4) is 0 Å². The normalized spacial score (nSPS) is 35.0. The number of ether oxygens (including phenoxy) is 1. The molecule has 4 heterocycles. The minimum Gasteiger partial charge on any atom is -0.489 e. The number of fused-ring (bicyclic) bond motifs is 3. The first-order valence-corrected chi connectivity index (χ1v) is 9.93. The molecule has 2 bridgehead atoms. The summed E-state index contributed by atoms with van der Waals surface area (Å²) in [7, 11) is 0. The lowest BCUT2D eigenvalue weighted by Crippen LogP contribution is -2.62. The second kappa shape index (κ2) is 7.55. The van der Waals surface area contributed by atoms with Gasteiger partial charge in [-0.05, 0) is 63.0 Å². The Morgan fingerprint density at radius 3 is 2.46 bits per heavy atom. The molecule has 4 aliphatic heterocycles. The summed E-state index contributed by atoms with van der Waals surface area (Å²) in [6.07, 6.45) is -2.65. The predicted octanol–water partition coefficient (Wildman–Crippen LogP) is 2.57. The Hall–Kier alpha value is -1.80. The summed E-state index contributed by atoms with van der Waals surface area (Å²) in [5.41, 5.74) is 0.536. The zero-order valence-corrected chi connectivity index (χ0v) is 15.8. The van der Waals surface area contributed by atoms with Gasteiger partial charge in [-0.2, -0.15) is 13.2 Å². The van der Waals surface area contributed by atoms with Gasteiger partial charge in [-0.1, -0.05) is 0 Å². The molecule has 4 saturated heterocycles. The molecule has 2 unspecified atom stereocenters. The Kier molecular flexibility index (Phi) is 5.26. The molecular weight excluding hydrogens is 371 g/mol. The van der Waals surface area contributed by atoms with Crippen LogP contribution in [0.15, 0.2) is 24.3 Å². The number of nitrogens with one attached hydrogen (secondary N) is 2. The number of amides is 1. The maximum Gasteiger partial charge on any atom is 0.403 e. The maximum atomic E-state index is 12.7. The van der Waals surface area contributed by atoms with E-state index < -0.39 is 18.3 Å². The molecule has 1 aromatic rings. The van der Waals surface area contributed by atoms with E-state index in [9.17, 15) is 18.0 Å². The van der Waals surface area contributed by atoms with Crippen molar-refractivity contribution in [1.29, 1.82) is 0 Å². The number of halogens is 3. The molecular formula is C20H26F3N3O2. The minimum absolute atomic E-state index is 0.108. The summed E-state index contributed by atoms with van der Waals surface area (Å²) >= 11 is 0. The number of carbonyl (C=O) groups is 1. The second-order valence-corrected chi connectivity index (χ2v) is 8.12. The number of hydrogen-bond donors (Lipinski definition) is 2. The van der Waals surface area contributed by atoms with Crippen molar-refractivity contribution in [2.24, 2.45) is 5.92 Å². The molecule has 5 nitrogen and oxygen atoms in total. The maximum absolute atomic E-state index is 12.7. The molecule has 2 N–H and O–H groups in total. The van der Waals surface area contributed by atoms with Gasteiger partial charge in [0.05, 0.1) is 0 Å². The molecule has 4 atom stereocenters. The van der Waals surface area contributed by atoms with Gasteiger partial charge in [-0.3, -0.25) is 9.69 Å². The third-order valence-electron chi connectivity index (χ3n) is 6.38. The van der Waals surface area contributed by atoms with E-state index in [0.29, 0.717) is 23.3 Å². The number of benzene rings is 1. The number of carbonyl (C=O) groups excluding carboxylic acids is 1. The average Bonchev–Trinajstić information content (AvgIpc) is 3.14. The number of rotatable bonds is 4. The zero-order valence-electron chi connectivity index (χ0n) is 15.8. The molecule has 0 aliphatic carbocycles. The third kappa shape index (κ3) is 3.98. The summed E-state index contributed by atoms with van der Waals surface area (Å²) < 4.78 is 43.8. The van der Waals surface area contributed by atoms with Gasteiger partial charge in [-0.25, -0.2) is 0 Å². The Bertz CT molecular complexity index is 700. The Morgan fingerprint density at radius 2 is 1.89 bits per heavy atom. The highest BCUT2D eigenvalue weighted by Crippen LogP contribution is 2.32. The molecule has 8 heteroatoms. The third-order valence-corrected chi connectivity index (χ3v) is 6.38. The van der Waals surface area contributed by atoms with Gasteiger partial charge in [0.1, 0.15) is 17.9 Å². The molecule has 28 heavy (non-hydrogen) atoms. The SMILES string of the molecule is C[C@H]1[C@H](NC(=O)c2ccc(OC3CNC(C(F)(F)F)C3)cc2)C2CCN1CC2. The zero-order chi connectivity index (χ0) is 19.9. The van der Waals surface area contributed by atoms with E-state index in [1.165, 1.54) is 0 Å². The topological polar surface area (TPSA) is 53.6 Å². The van der Waals surface area contributed by atoms with Crippen LogP contribution in [0.5, 0.6) is 5.75 Å². The van der Waals surface area contributed by atoms with E-state index in [-0.39, 0.29) is 24.9 Å². The van der Waals surface area contributed by atoms with Crippen molar-refractivity contribution in [3.8, 4) is 5.75 Å². The van der Waals surface area contributed by atoms with Crippen molar-refractivity contribution in [1.82, 2.24) is 15.5 Å². The van der Waals surface area contributed by atoms with Crippen LogP contribution in [0.2, 0.25) is 0 Å². The largest absolute Gasteiger partial charge is 0.489 e. The standard InChI is InChI=1S/C20H26F3N3O2/c1-12-18(13-6-8-26(12)9-7-13)25-19(27)14-2-4-15(5-3-14)28-16-10-17(24-11-16)20(21,22)23/h2-5,12-13,16-18,24H,6-11H2,1H3,(H,25,27)/t12-,16?,17?,18-/m0/s1. The van der Waals surface area contributed by atoms with E-state index >= 15 is 0 Å². The van der Waals surface area contributed by atoms with Gasteiger partial charge in [0, 0.05) is 30.6 Å². The average molecular weight is 397 g/mol.